The van der Waals surface area contributed by atoms with E-state index in [2.05, 4.69) is 15.3 Å². The number of carbonyl (C=O) groups excluding carboxylic acids is 1. The van der Waals surface area contributed by atoms with Crippen LogP contribution in [-0.4, -0.2) is 30.0 Å². The monoisotopic (exact) mass is 447 g/mol. The minimum Gasteiger partial charge on any atom is -0.325 e. The number of thioether (sulfide) groups is 1. The normalized spacial score (nSPS) is 11.3. The zero-order valence-corrected chi connectivity index (χ0v) is 17.7. The van der Waals surface area contributed by atoms with Gasteiger partial charge in [-0.25, -0.2) is 17.8 Å². The van der Waals surface area contributed by atoms with Gasteiger partial charge in [0.15, 0.2) is 10.1 Å². The van der Waals surface area contributed by atoms with Crippen molar-refractivity contribution in [1.82, 2.24) is 9.97 Å². The highest BCUT2D eigenvalue weighted by molar-refractivity contribution is 7.99. The van der Waals surface area contributed by atoms with E-state index in [1.807, 2.05) is 19.1 Å². The molecule has 1 heterocycles. The first-order valence-electron chi connectivity index (χ1n) is 8.77. The first-order chi connectivity index (χ1) is 14.2. The van der Waals surface area contributed by atoms with Gasteiger partial charge in [0.25, 0.3) is 5.56 Å². The van der Waals surface area contributed by atoms with Crippen LogP contribution in [0.5, 0.6) is 0 Å². The number of aryl methyl sites for hydroxylation is 2. The van der Waals surface area contributed by atoms with Crippen molar-refractivity contribution < 1.29 is 17.6 Å². The number of nitrogens with zero attached hydrogens (tertiary/aromatic N) is 1. The molecule has 0 atom stereocenters. The Morgan fingerprint density at radius 1 is 1.17 bits per heavy atom. The first-order valence-corrected chi connectivity index (χ1v) is 11.2. The molecule has 0 saturated heterocycles. The third kappa shape index (κ3) is 4.95. The van der Waals surface area contributed by atoms with Crippen molar-refractivity contribution in [2.45, 2.75) is 28.8 Å². The average molecular weight is 448 g/mol. The van der Waals surface area contributed by atoms with Gasteiger partial charge < -0.3 is 10.3 Å². The second-order valence-corrected chi connectivity index (χ2v) is 9.38. The lowest BCUT2D eigenvalue weighted by Crippen LogP contribution is -2.20. The van der Waals surface area contributed by atoms with Crippen LogP contribution in [-0.2, 0) is 14.6 Å². The molecule has 30 heavy (non-hydrogen) atoms. The SMILES string of the molecule is Cc1ccc(NC(=O)CSc2ncc(S(=O)(=O)c3ccc(F)c(C)c3)c(=O)[nH]2)cc1. The van der Waals surface area contributed by atoms with Crippen LogP contribution < -0.4 is 10.9 Å². The Morgan fingerprint density at radius 2 is 1.87 bits per heavy atom. The quantitative estimate of drug-likeness (QED) is 0.341. The van der Waals surface area contributed by atoms with Gasteiger partial charge >= 0.3 is 0 Å². The molecule has 7 nitrogen and oxygen atoms in total. The number of nitrogens with one attached hydrogen (secondary N) is 2. The predicted octanol–water partition coefficient (Wildman–Crippen LogP) is 3.09. The van der Waals surface area contributed by atoms with Gasteiger partial charge in [-0.1, -0.05) is 29.5 Å². The minimum absolute atomic E-state index is 0.0277. The maximum atomic E-state index is 13.4. The summed E-state index contributed by atoms with van der Waals surface area (Å²) in [6, 6.07) is 10.6. The fourth-order valence-corrected chi connectivity index (χ4v) is 4.46. The lowest BCUT2D eigenvalue weighted by atomic mass is 10.2. The Bertz CT molecular complexity index is 1260. The molecule has 0 fully saturated rings. The highest BCUT2D eigenvalue weighted by Gasteiger charge is 2.23. The van der Waals surface area contributed by atoms with Crippen molar-refractivity contribution in [3.8, 4) is 0 Å². The molecule has 0 spiro atoms. The number of H-pyrrole nitrogens is 1. The number of rotatable bonds is 6. The van der Waals surface area contributed by atoms with Gasteiger partial charge in [0.1, 0.15) is 5.82 Å². The average Bonchev–Trinajstić information content (AvgIpc) is 2.70. The van der Waals surface area contributed by atoms with E-state index < -0.39 is 26.1 Å². The molecule has 0 radical (unpaired) electrons. The molecule has 3 rings (SSSR count). The molecule has 2 aromatic carbocycles. The van der Waals surface area contributed by atoms with Crippen molar-refractivity contribution in [3.63, 3.8) is 0 Å². The summed E-state index contributed by atoms with van der Waals surface area (Å²) in [6.07, 6.45) is 0.938. The molecule has 156 valence electrons. The number of benzene rings is 2. The van der Waals surface area contributed by atoms with Crippen molar-refractivity contribution in [2.24, 2.45) is 0 Å². The number of aromatic nitrogens is 2. The molecular formula is C20H18FN3O4S2. The maximum absolute atomic E-state index is 13.4. The molecule has 1 aromatic heterocycles. The topological polar surface area (TPSA) is 109 Å². The van der Waals surface area contributed by atoms with Crippen molar-refractivity contribution in [3.05, 3.63) is 76.0 Å². The Labute approximate surface area is 176 Å². The third-order valence-electron chi connectivity index (χ3n) is 4.15. The van der Waals surface area contributed by atoms with E-state index in [9.17, 15) is 22.4 Å². The van der Waals surface area contributed by atoms with Gasteiger partial charge in [0.05, 0.1) is 16.8 Å². The van der Waals surface area contributed by atoms with Gasteiger partial charge in [-0.2, -0.15) is 0 Å². The van der Waals surface area contributed by atoms with E-state index in [0.29, 0.717) is 5.69 Å². The van der Waals surface area contributed by atoms with Crippen LogP contribution in [0.1, 0.15) is 11.1 Å². The highest BCUT2D eigenvalue weighted by atomic mass is 32.2. The van der Waals surface area contributed by atoms with Gasteiger partial charge in [-0.3, -0.25) is 9.59 Å². The van der Waals surface area contributed by atoms with E-state index in [-0.39, 0.29) is 27.3 Å². The molecule has 1 amide bonds. The van der Waals surface area contributed by atoms with Crippen LogP contribution in [0, 0.1) is 19.7 Å². The van der Waals surface area contributed by atoms with E-state index >= 15 is 0 Å². The van der Waals surface area contributed by atoms with Crippen LogP contribution in [0.3, 0.4) is 0 Å². The first kappa shape index (κ1) is 21.7. The lowest BCUT2D eigenvalue weighted by molar-refractivity contribution is -0.113. The summed E-state index contributed by atoms with van der Waals surface area (Å²) >= 11 is 0.962. The second-order valence-electron chi connectivity index (χ2n) is 6.50. The minimum atomic E-state index is -4.16. The molecule has 0 unspecified atom stereocenters. The molecular weight excluding hydrogens is 429 g/mol. The van der Waals surface area contributed by atoms with Crippen LogP contribution >= 0.6 is 11.8 Å². The van der Waals surface area contributed by atoms with Crippen LogP contribution in [0.4, 0.5) is 10.1 Å². The van der Waals surface area contributed by atoms with Crippen molar-refractivity contribution in [2.75, 3.05) is 11.1 Å². The highest BCUT2D eigenvalue weighted by Crippen LogP contribution is 2.21. The number of anilines is 1. The number of amides is 1. The number of halogens is 1. The summed E-state index contributed by atoms with van der Waals surface area (Å²) in [5.74, 6) is -0.873. The Hall–Kier alpha value is -2.98. The summed E-state index contributed by atoms with van der Waals surface area (Å²) in [7, 11) is -4.16. The fourth-order valence-electron chi connectivity index (χ4n) is 2.51. The Balaban J connectivity index is 1.71. The molecule has 2 N–H and O–H groups in total. The zero-order valence-electron chi connectivity index (χ0n) is 16.1. The van der Waals surface area contributed by atoms with Crippen molar-refractivity contribution >= 4 is 33.2 Å². The van der Waals surface area contributed by atoms with Gasteiger partial charge in [-0.05, 0) is 49.7 Å². The predicted molar refractivity (Wildman–Crippen MR) is 112 cm³/mol. The molecule has 0 aliphatic heterocycles. The summed E-state index contributed by atoms with van der Waals surface area (Å²) in [4.78, 5) is 29.9. The Kier molecular flexibility index (Phi) is 6.37. The Morgan fingerprint density at radius 3 is 2.50 bits per heavy atom. The van der Waals surface area contributed by atoms with Gasteiger partial charge in [0, 0.05) is 5.69 Å². The van der Waals surface area contributed by atoms with Crippen molar-refractivity contribution in [1.29, 1.82) is 0 Å². The second kappa shape index (κ2) is 8.80. The van der Waals surface area contributed by atoms with Crippen LogP contribution in [0.2, 0.25) is 0 Å². The third-order valence-corrected chi connectivity index (χ3v) is 6.78. The summed E-state index contributed by atoms with van der Waals surface area (Å²) < 4.78 is 38.8. The number of aromatic amines is 1. The smallest absolute Gasteiger partial charge is 0.270 e. The van der Waals surface area contributed by atoms with Gasteiger partial charge in [0.2, 0.25) is 15.7 Å². The standard InChI is InChI=1S/C20H18FN3O4S2/c1-12-3-5-14(6-4-12)23-18(25)11-29-20-22-10-17(19(26)24-20)30(27,28)15-7-8-16(21)13(2)9-15/h3-10H,11H2,1-2H3,(H,23,25)(H,22,24,26). The number of carbonyl (C=O) groups is 1. The van der Waals surface area contributed by atoms with E-state index in [1.54, 1.807) is 12.1 Å². The molecule has 0 saturated carbocycles. The molecule has 0 bridgehead atoms. The fraction of sp³-hybridized carbons (Fsp3) is 0.150. The number of hydrogen-bond acceptors (Lipinski definition) is 6. The molecule has 10 heteroatoms. The van der Waals surface area contributed by atoms with Crippen LogP contribution in [0.15, 0.2) is 68.4 Å². The summed E-state index contributed by atoms with van der Waals surface area (Å²) in [6.45, 7) is 3.36. The van der Waals surface area contributed by atoms with E-state index in [4.69, 9.17) is 0 Å². The maximum Gasteiger partial charge on any atom is 0.270 e. The van der Waals surface area contributed by atoms with Gasteiger partial charge in [-0.15, -0.1) is 0 Å². The number of sulfone groups is 1. The largest absolute Gasteiger partial charge is 0.325 e. The lowest BCUT2D eigenvalue weighted by Gasteiger charge is -2.07. The molecule has 0 aliphatic carbocycles. The van der Waals surface area contributed by atoms with E-state index in [0.717, 1.165) is 41.7 Å². The van der Waals surface area contributed by atoms with Crippen LogP contribution in [0.25, 0.3) is 0 Å². The number of hydrogen-bond donors (Lipinski definition) is 2. The van der Waals surface area contributed by atoms with E-state index in [1.165, 1.54) is 6.92 Å². The summed E-state index contributed by atoms with van der Waals surface area (Å²) in [5, 5.41) is 2.82. The molecule has 3 aromatic rings. The molecule has 0 aliphatic rings. The zero-order chi connectivity index (χ0) is 21.9. The summed E-state index contributed by atoms with van der Waals surface area (Å²) in [5.41, 5.74) is 0.985.